The van der Waals surface area contributed by atoms with Crippen molar-refractivity contribution in [3.63, 3.8) is 0 Å². The summed E-state index contributed by atoms with van der Waals surface area (Å²) >= 11 is 0. The molecule has 0 aliphatic rings. The maximum absolute atomic E-state index is 14.4. The van der Waals surface area contributed by atoms with Crippen molar-refractivity contribution in [3.8, 4) is 0 Å². The van der Waals surface area contributed by atoms with Gasteiger partial charge in [0.25, 0.3) is 0 Å². The molecule has 17 N–H and O–H groups in total. The number of aromatic amines is 6. The highest BCUT2D eigenvalue weighted by Crippen LogP contribution is 2.09. The fraction of sp³-hybridized carbons (Fsp3) is 0.372. The van der Waals surface area contributed by atoms with Gasteiger partial charge in [-0.1, -0.05) is 0 Å². The topological polar surface area (TPSA) is 468 Å². The Balaban J connectivity index is 1.17. The lowest BCUT2D eigenvalue weighted by atomic mass is 10.0. The van der Waals surface area contributed by atoms with E-state index in [0.29, 0.717) is 40.4 Å². The van der Waals surface area contributed by atoms with Gasteiger partial charge in [0, 0.05) is 110 Å². The van der Waals surface area contributed by atoms with Crippen molar-refractivity contribution in [2.24, 2.45) is 5.73 Å². The first-order chi connectivity index (χ1) is 35.8. The summed E-state index contributed by atoms with van der Waals surface area (Å²) in [5.41, 5.74) is 7.93. The van der Waals surface area contributed by atoms with Gasteiger partial charge in [-0.3, -0.25) is 38.4 Å². The average molecular weight is 1030 g/mol. The Morgan fingerprint density at radius 2 is 0.730 bits per heavy atom. The lowest BCUT2D eigenvalue weighted by molar-refractivity contribution is -0.135. The van der Waals surface area contributed by atoms with Gasteiger partial charge in [0.1, 0.15) is 42.5 Å². The molecule has 6 heterocycles. The molecule has 7 atom stereocenters. The minimum Gasteiger partial charge on any atom is -0.394 e. The third-order valence-electron chi connectivity index (χ3n) is 11.0. The van der Waals surface area contributed by atoms with Gasteiger partial charge in [-0.25, -0.2) is 29.9 Å². The Kier molecular flexibility index (Phi) is 19.9. The minimum atomic E-state index is -1.46. The first-order valence-corrected chi connectivity index (χ1v) is 22.8. The van der Waals surface area contributed by atoms with E-state index in [4.69, 9.17) is 5.73 Å². The van der Waals surface area contributed by atoms with E-state index in [9.17, 15) is 48.3 Å². The lowest BCUT2D eigenvalue weighted by Gasteiger charge is -2.26. The fourth-order valence-corrected chi connectivity index (χ4v) is 7.25. The van der Waals surface area contributed by atoms with Crippen LogP contribution in [0.3, 0.4) is 0 Å². The number of carbonyl (C=O) groups is 9. The third kappa shape index (κ3) is 16.6. The van der Waals surface area contributed by atoms with Crippen LogP contribution in [0.4, 0.5) is 0 Å². The fourth-order valence-electron chi connectivity index (χ4n) is 7.25. The number of aromatic nitrogens is 12. The van der Waals surface area contributed by atoms with Gasteiger partial charge >= 0.3 is 0 Å². The van der Waals surface area contributed by atoms with E-state index in [0.717, 1.165) is 0 Å². The van der Waals surface area contributed by atoms with Gasteiger partial charge in [0.05, 0.1) is 63.7 Å². The summed E-state index contributed by atoms with van der Waals surface area (Å²) < 4.78 is 0. The van der Waals surface area contributed by atoms with Gasteiger partial charge in [0.2, 0.25) is 47.3 Å². The molecule has 0 bridgehead atoms. The van der Waals surface area contributed by atoms with Gasteiger partial charge < -0.3 is 88.1 Å². The molecule has 6 rings (SSSR count). The van der Waals surface area contributed by atoms with Crippen LogP contribution in [0.5, 0.6) is 0 Å². The smallest absolute Gasteiger partial charge is 0.245 e. The average Bonchev–Trinajstić information content (AvgIpc) is 4.25. The Hall–Kier alpha value is -9.39. The van der Waals surface area contributed by atoms with E-state index in [1.807, 2.05) is 0 Å². The van der Waals surface area contributed by atoms with Crippen LogP contribution in [0.1, 0.15) is 34.2 Å². The Morgan fingerprint density at radius 1 is 0.432 bits per heavy atom. The molecule has 74 heavy (non-hydrogen) atoms. The zero-order valence-corrected chi connectivity index (χ0v) is 39.3. The zero-order chi connectivity index (χ0) is 52.8. The maximum Gasteiger partial charge on any atom is 0.245 e. The summed E-state index contributed by atoms with van der Waals surface area (Å²) in [6, 6.07) is -9.44. The number of nitrogens with one attached hydrogen (secondary N) is 14. The molecular formula is C43H55N21O10. The summed E-state index contributed by atoms with van der Waals surface area (Å²) in [5.74, 6) is -6.75. The van der Waals surface area contributed by atoms with Crippen LogP contribution in [0.2, 0.25) is 0 Å². The quantitative estimate of drug-likeness (QED) is 0.0187. The lowest BCUT2D eigenvalue weighted by Crippen LogP contribution is -2.60. The van der Waals surface area contributed by atoms with E-state index in [2.05, 4.69) is 102 Å². The molecule has 0 radical (unpaired) electrons. The van der Waals surface area contributed by atoms with Crippen molar-refractivity contribution >= 4 is 53.5 Å². The maximum atomic E-state index is 14.4. The highest BCUT2D eigenvalue weighted by atomic mass is 16.3. The number of H-pyrrole nitrogens is 6. The van der Waals surface area contributed by atoms with Crippen molar-refractivity contribution in [3.05, 3.63) is 109 Å². The Bertz CT molecular complexity index is 2710. The monoisotopic (exact) mass is 1030 g/mol. The van der Waals surface area contributed by atoms with Crippen LogP contribution in [0.25, 0.3) is 0 Å². The van der Waals surface area contributed by atoms with Crippen molar-refractivity contribution in [1.29, 1.82) is 0 Å². The van der Waals surface area contributed by atoms with Crippen molar-refractivity contribution in [2.45, 2.75) is 80.8 Å². The number of carbonyl (C=O) groups excluding carboxylic acids is 9. The molecule has 6 aromatic heterocycles. The van der Waals surface area contributed by atoms with E-state index in [1.54, 1.807) is 0 Å². The second kappa shape index (κ2) is 27.3. The van der Waals surface area contributed by atoms with Crippen molar-refractivity contribution < 1.29 is 48.3 Å². The second-order valence-electron chi connectivity index (χ2n) is 16.5. The van der Waals surface area contributed by atoms with Crippen LogP contribution < -0.4 is 48.3 Å². The number of hydrogen-bond acceptors (Lipinski definition) is 17. The summed E-state index contributed by atoms with van der Waals surface area (Å²) in [6.45, 7) is -2.02. The molecule has 0 spiro atoms. The second-order valence-corrected chi connectivity index (χ2v) is 16.5. The first-order valence-electron chi connectivity index (χ1n) is 22.8. The van der Waals surface area contributed by atoms with E-state index >= 15 is 0 Å². The van der Waals surface area contributed by atoms with Gasteiger partial charge in [-0.05, 0) is 0 Å². The number of aldehydes is 1. The molecule has 392 valence electrons. The van der Waals surface area contributed by atoms with Crippen LogP contribution in [-0.4, -0.2) is 180 Å². The number of nitrogens with two attached hydrogens (primary N) is 1. The number of imidazole rings is 6. The SMILES string of the molecule is NCC(=O)N[C@@H](CO)C(=O)N[C@@H](Cc1cnc[nH]1)C(=O)NCC(=O)N[C@@H](Cc1cnc[nH]1)C(=O)N[C@@H](Cc1cnc[nH]1)C(=O)N[C@@H](Cc1cnc[nH]1)C(=O)N[C@@H](Cc1cnc[nH]1)C(=O)N[C@H](C=O)Cc1cnc[nH]1. The Labute approximate surface area is 418 Å². The van der Waals surface area contributed by atoms with Crippen molar-refractivity contribution in [2.75, 3.05) is 19.7 Å². The molecule has 0 saturated carbocycles. The van der Waals surface area contributed by atoms with Crippen molar-refractivity contribution in [1.82, 2.24) is 102 Å². The van der Waals surface area contributed by atoms with Gasteiger partial charge in [-0.15, -0.1) is 0 Å². The number of aliphatic hydroxyl groups excluding tert-OH is 1. The molecule has 8 amide bonds. The van der Waals surface area contributed by atoms with Crippen LogP contribution in [0, 0.1) is 0 Å². The predicted octanol–water partition coefficient (Wildman–Crippen LogP) is -6.56. The van der Waals surface area contributed by atoms with E-state index < -0.39 is 109 Å². The molecule has 6 aromatic rings. The molecule has 0 aliphatic heterocycles. The molecule has 0 fully saturated rings. The zero-order valence-electron chi connectivity index (χ0n) is 39.3. The Morgan fingerprint density at radius 3 is 1.04 bits per heavy atom. The summed E-state index contributed by atoms with van der Waals surface area (Å²) in [6.07, 6.45) is 16.5. The molecule has 0 aromatic carbocycles. The number of nitrogens with zero attached hydrogens (tertiary/aromatic N) is 6. The molecule has 0 unspecified atom stereocenters. The van der Waals surface area contributed by atoms with Crippen LogP contribution >= 0.6 is 0 Å². The van der Waals surface area contributed by atoms with Crippen LogP contribution in [0.15, 0.2) is 75.1 Å². The third-order valence-corrected chi connectivity index (χ3v) is 11.0. The predicted molar refractivity (Wildman–Crippen MR) is 252 cm³/mol. The first kappa shape index (κ1) is 54.0. The van der Waals surface area contributed by atoms with E-state index in [-0.39, 0.29) is 38.5 Å². The summed E-state index contributed by atoms with van der Waals surface area (Å²) in [5, 5.41) is 30.1. The standard InChI is InChI=1S/C43H55N21O10/c44-7-36(67)60-35(16-66)43(74)61-30(2-24-9-46-18-53-24)38(69)51-14-37(68)59-31(3-25-10-47-19-54-25)40(71)63-33(5-27-12-49-21-56-27)42(73)64-34(6-28-13-50-22-57-28)41(72)62-32(4-26-11-48-20-55-26)39(70)58-29(15-65)1-23-8-45-17-52-23/h8-13,15,17-22,29-35,66H,1-7,14,16,44H2,(H,45,52)(H,46,53)(H,47,54)(H,48,55)(H,49,56)(H,50,57)(H,51,69)(H,58,70)(H,59,68)(H,60,67)(H,61,74)(H,62,72)(H,63,71)(H,64,73)/t29-,30-,31-,32-,33-,34-,35-/m0/s1. The largest absolute Gasteiger partial charge is 0.394 e. The normalized spacial score (nSPS) is 13.9. The van der Waals surface area contributed by atoms with Gasteiger partial charge in [-0.2, -0.15) is 0 Å². The van der Waals surface area contributed by atoms with Crippen LogP contribution in [-0.2, 0) is 81.7 Å². The molecule has 31 heteroatoms. The molecule has 0 aliphatic carbocycles. The minimum absolute atomic E-state index is 0.0763. The summed E-state index contributed by atoms with van der Waals surface area (Å²) in [7, 11) is 0. The molecule has 0 saturated heterocycles. The number of hydrogen-bond donors (Lipinski definition) is 16. The van der Waals surface area contributed by atoms with E-state index in [1.165, 1.54) is 75.1 Å². The summed E-state index contributed by atoms with van der Waals surface area (Å²) in [4.78, 5) is 162. The molecular weight excluding hydrogens is 971 g/mol. The molecule has 31 nitrogen and oxygen atoms in total. The number of aliphatic hydroxyl groups is 1. The number of amides is 8. The van der Waals surface area contributed by atoms with Gasteiger partial charge in [0.15, 0.2) is 0 Å². The number of rotatable bonds is 30. The highest BCUT2D eigenvalue weighted by molar-refractivity contribution is 5.97. The highest BCUT2D eigenvalue weighted by Gasteiger charge is 2.34.